The van der Waals surface area contributed by atoms with Gasteiger partial charge in [0, 0.05) is 61.1 Å². The average Bonchev–Trinajstić information content (AvgIpc) is 3.07. The van der Waals surface area contributed by atoms with Crippen LogP contribution in [0.3, 0.4) is 0 Å². The molecule has 0 spiro atoms. The number of aliphatic hydroxyl groups is 1. The summed E-state index contributed by atoms with van der Waals surface area (Å²) in [6, 6.07) is 12.6. The topological polar surface area (TPSA) is 139 Å². The third-order valence-corrected chi connectivity index (χ3v) is 8.34. The first-order chi connectivity index (χ1) is 23.0. The van der Waals surface area contributed by atoms with Crippen LogP contribution >= 0.6 is 0 Å². The van der Waals surface area contributed by atoms with E-state index in [2.05, 4.69) is 30.2 Å². The standard InChI is InChI=1S/C33H35F3N8O4/c1-32(46)19-43(20-32)29-26(33(34,35)36)17-38-30(42-29)41-23-9-11-24(12-10-23)44(28(45)18-48-25-6-4-3-5-7-25)27-13-8-21(14-37-27)22-15-39-31(47-2)40-16-22/h3-8,13-17,23-24,46H,9-12,18-20H2,1-2H3,(H,38,41,42)/t23-,24-. The van der Waals surface area contributed by atoms with E-state index in [1.54, 1.807) is 48.6 Å². The average molecular weight is 665 g/mol. The maximum Gasteiger partial charge on any atom is 0.421 e. The number of alkyl halides is 3. The zero-order valence-corrected chi connectivity index (χ0v) is 26.4. The van der Waals surface area contributed by atoms with Crippen LogP contribution in [0.1, 0.15) is 38.2 Å². The Labute approximate surface area is 275 Å². The van der Waals surface area contributed by atoms with E-state index in [9.17, 15) is 23.1 Å². The molecule has 0 unspecified atom stereocenters. The molecule has 15 heteroatoms. The van der Waals surface area contributed by atoms with E-state index in [1.165, 1.54) is 12.0 Å². The number of anilines is 3. The van der Waals surface area contributed by atoms with Crippen LogP contribution in [0.4, 0.5) is 30.8 Å². The Morgan fingerprint density at radius 1 is 0.979 bits per heavy atom. The molecule has 1 saturated heterocycles. The number of ether oxygens (including phenoxy) is 2. The highest BCUT2D eigenvalue weighted by Crippen LogP contribution is 2.39. The lowest BCUT2D eigenvalue weighted by atomic mass is 9.90. The molecule has 12 nitrogen and oxygen atoms in total. The lowest BCUT2D eigenvalue weighted by Gasteiger charge is -2.45. The normalized spacial score (nSPS) is 18.8. The fraction of sp³-hybridized carbons (Fsp3) is 0.394. The van der Waals surface area contributed by atoms with E-state index in [-0.39, 0.29) is 55.5 Å². The molecule has 48 heavy (non-hydrogen) atoms. The Bertz CT molecular complexity index is 1690. The van der Waals surface area contributed by atoms with Gasteiger partial charge in [0.2, 0.25) is 5.95 Å². The van der Waals surface area contributed by atoms with Gasteiger partial charge in [0.05, 0.1) is 12.7 Å². The quantitative estimate of drug-likeness (QED) is 0.243. The van der Waals surface area contributed by atoms with Gasteiger partial charge in [0.15, 0.2) is 6.61 Å². The number of hydrogen-bond acceptors (Lipinski definition) is 11. The minimum atomic E-state index is -4.64. The molecule has 1 aromatic carbocycles. The van der Waals surface area contributed by atoms with Crippen molar-refractivity contribution in [3.05, 3.63) is 72.8 Å². The van der Waals surface area contributed by atoms with Crippen molar-refractivity contribution in [2.24, 2.45) is 0 Å². The van der Waals surface area contributed by atoms with Crippen molar-refractivity contribution >= 4 is 23.5 Å². The zero-order valence-electron chi connectivity index (χ0n) is 26.4. The third kappa shape index (κ3) is 7.56. The van der Waals surface area contributed by atoms with Crippen molar-refractivity contribution < 1.29 is 32.5 Å². The first kappa shape index (κ1) is 32.9. The van der Waals surface area contributed by atoms with Gasteiger partial charge >= 0.3 is 12.2 Å². The number of carbonyl (C=O) groups is 1. The van der Waals surface area contributed by atoms with E-state index < -0.39 is 17.3 Å². The molecule has 1 saturated carbocycles. The van der Waals surface area contributed by atoms with Crippen molar-refractivity contribution in [2.45, 2.75) is 56.5 Å². The van der Waals surface area contributed by atoms with E-state index in [0.717, 1.165) is 17.3 Å². The van der Waals surface area contributed by atoms with Crippen LogP contribution in [0.2, 0.25) is 0 Å². The Morgan fingerprint density at radius 2 is 1.67 bits per heavy atom. The molecule has 1 amide bonds. The number of hydrogen-bond donors (Lipinski definition) is 2. The number of benzene rings is 1. The van der Waals surface area contributed by atoms with Gasteiger partial charge in [-0.1, -0.05) is 18.2 Å². The van der Waals surface area contributed by atoms with Crippen molar-refractivity contribution in [1.82, 2.24) is 24.9 Å². The molecule has 2 fully saturated rings. The number of nitrogens with zero attached hydrogens (tertiary/aromatic N) is 7. The van der Waals surface area contributed by atoms with Crippen LogP contribution in [0, 0.1) is 0 Å². The predicted molar refractivity (Wildman–Crippen MR) is 171 cm³/mol. The zero-order chi connectivity index (χ0) is 33.9. The first-order valence-corrected chi connectivity index (χ1v) is 15.5. The molecule has 2 N–H and O–H groups in total. The molecule has 0 bridgehead atoms. The second-order valence-electron chi connectivity index (χ2n) is 12.2. The molecule has 0 atom stereocenters. The molecule has 2 aliphatic rings. The van der Waals surface area contributed by atoms with Gasteiger partial charge in [0.1, 0.15) is 22.9 Å². The number of nitrogens with one attached hydrogen (secondary N) is 1. The molecule has 1 aliphatic carbocycles. The number of halogens is 3. The molecule has 4 aromatic rings. The Hall–Kier alpha value is -5.05. The molecule has 252 valence electrons. The van der Waals surface area contributed by atoms with Crippen LogP contribution < -0.4 is 24.6 Å². The minimum Gasteiger partial charge on any atom is -0.484 e. The lowest BCUT2D eigenvalue weighted by molar-refractivity contribution is -0.137. The number of para-hydroxylation sites is 1. The number of β-amino-alcohol motifs (C(OH)–C–C–N with tert-alkyl or cyclic N) is 1. The second-order valence-corrected chi connectivity index (χ2v) is 12.2. The number of rotatable bonds is 10. The predicted octanol–water partition coefficient (Wildman–Crippen LogP) is 4.76. The molecular weight excluding hydrogens is 629 g/mol. The Kier molecular flexibility index (Phi) is 9.31. The van der Waals surface area contributed by atoms with Crippen molar-refractivity contribution in [3.8, 4) is 22.9 Å². The van der Waals surface area contributed by atoms with Crippen LogP contribution in [-0.2, 0) is 11.0 Å². The fourth-order valence-electron chi connectivity index (χ4n) is 5.99. The summed E-state index contributed by atoms with van der Waals surface area (Å²) >= 11 is 0. The highest BCUT2D eigenvalue weighted by atomic mass is 19.4. The van der Waals surface area contributed by atoms with Gasteiger partial charge in [-0.15, -0.1) is 0 Å². The summed E-state index contributed by atoms with van der Waals surface area (Å²) in [5.74, 6) is 0.596. The lowest BCUT2D eigenvalue weighted by Crippen LogP contribution is -2.60. The summed E-state index contributed by atoms with van der Waals surface area (Å²) in [5.41, 5.74) is -0.522. The van der Waals surface area contributed by atoms with Gasteiger partial charge in [-0.2, -0.15) is 18.2 Å². The highest BCUT2D eigenvalue weighted by Gasteiger charge is 2.43. The summed E-state index contributed by atoms with van der Waals surface area (Å²) < 4.78 is 52.0. The molecule has 1 aliphatic heterocycles. The van der Waals surface area contributed by atoms with Gasteiger partial charge in [-0.3, -0.25) is 9.69 Å². The van der Waals surface area contributed by atoms with Crippen LogP contribution in [0.25, 0.3) is 11.1 Å². The molecular formula is C33H35F3N8O4. The highest BCUT2D eigenvalue weighted by molar-refractivity contribution is 5.94. The van der Waals surface area contributed by atoms with Crippen molar-refractivity contribution in [2.75, 3.05) is 41.9 Å². The maximum atomic E-state index is 13.7. The first-order valence-electron chi connectivity index (χ1n) is 15.5. The van der Waals surface area contributed by atoms with Gasteiger partial charge in [0.25, 0.3) is 5.91 Å². The molecule has 3 aromatic heterocycles. The Balaban J connectivity index is 1.16. The van der Waals surface area contributed by atoms with Crippen molar-refractivity contribution in [3.63, 3.8) is 0 Å². The van der Waals surface area contributed by atoms with Crippen molar-refractivity contribution in [1.29, 1.82) is 0 Å². The molecule has 4 heterocycles. The largest absolute Gasteiger partial charge is 0.484 e. The Morgan fingerprint density at radius 3 is 2.27 bits per heavy atom. The summed E-state index contributed by atoms with van der Waals surface area (Å²) in [7, 11) is 1.49. The number of pyridine rings is 1. The SMILES string of the molecule is COc1ncc(-c2ccc(N(C(=O)COc3ccccc3)[C@H]3CC[C@H](Nc4ncc(C(F)(F)F)c(N5CC(C)(O)C5)n4)CC3)nc2)cn1. The number of aromatic nitrogens is 5. The van der Waals surface area contributed by atoms with E-state index >= 15 is 0 Å². The molecule has 6 rings (SSSR count). The summed E-state index contributed by atoms with van der Waals surface area (Å²) in [5, 5.41) is 13.3. The van der Waals surface area contributed by atoms with Crippen LogP contribution in [-0.4, -0.2) is 80.4 Å². The van der Waals surface area contributed by atoms with Crippen LogP contribution in [0.15, 0.2) is 67.3 Å². The summed E-state index contributed by atoms with van der Waals surface area (Å²) in [6.45, 7) is 1.46. The number of amides is 1. The van der Waals surface area contributed by atoms with Gasteiger partial charge in [-0.25, -0.2) is 19.9 Å². The van der Waals surface area contributed by atoms with E-state index in [1.807, 2.05) is 24.3 Å². The minimum absolute atomic E-state index is 0.0401. The fourth-order valence-corrected chi connectivity index (χ4v) is 5.99. The van der Waals surface area contributed by atoms with Gasteiger partial charge in [-0.05, 0) is 56.9 Å². The summed E-state index contributed by atoms with van der Waals surface area (Å²) in [6.07, 6.45) is 3.45. The smallest absolute Gasteiger partial charge is 0.421 e. The monoisotopic (exact) mass is 664 g/mol. The number of methoxy groups -OCH3 is 1. The second kappa shape index (κ2) is 13.6. The number of carbonyl (C=O) groups excluding carboxylic acids is 1. The maximum absolute atomic E-state index is 13.7. The van der Waals surface area contributed by atoms with Crippen LogP contribution in [0.5, 0.6) is 11.8 Å². The van der Waals surface area contributed by atoms with Gasteiger partial charge < -0.3 is 24.8 Å². The molecule has 0 radical (unpaired) electrons. The van der Waals surface area contributed by atoms with E-state index in [0.29, 0.717) is 37.3 Å². The summed E-state index contributed by atoms with van der Waals surface area (Å²) in [4.78, 5) is 37.8. The third-order valence-electron chi connectivity index (χ3n) is 8.34. The van der Waals surface area contributed by atoms with E-state index in [4.69, 9.17) is 9.47 Å².